The fourth-order valence-corrected chi connectivity index (χ4v) is 3.13. The van der Waals surface area contributed by atoms with E-state index < -0.39 is 0 Å². The van der Waals surface area contributed by atoms with Gasteiger partial charge in [-0.15, -0.1) is 0 Å². The first-order valence-electron chi connectivity index (χ1n) is 8.48. The average molecular weight is 367 g/mol. The molecule has 25 heavy (non-hydrogen) atoms. The maximum absolute atomic E-state index is 12.4. The predicted octanol–water partition coefficient (Wildman–Crippen LogP) is 1.26. The van der Waals surface area contributed by atoms with Crippen LogP contribution in [-0.2, 0) is 16.1 Å². The van der Waals surface area contributed by atoms with Gasteiger partial charge in [0.25, 0.3) is 0 Å². The maximum Gasteiger partial charge on any atom is 0.338 e. The smallest absolute Gasteiger partial charge is 0.338 e. The first-order valence-corrected chi connectivity index (χ1v) is 8.86. The minimum absolute atomic E-state index is 0.291. The van der Waals surface area contributed by atoms with E-state index in [2.05, 4.69) is 10.6 Å². The molecule has 0 saturated heterocycles. The van der Waals surface area contributed by atoms with Gasteiger partial charge in [-0.3, -0.25) is 0 Å². The Labute approximate surface area is 153 Å². The summed E-state index contributed by atoms with van der Waals surface area (Å²) in [5.74, 6) is -0.387. The summed E-state index contributed by atoms with van der Waals surface area (Å²) in [5, 5.41) is 6.27. The Kier molecular flexibility index (Phi) is 6.84. The highest BCUT2D eigenvalue weighted by atomic mass is 35.5. The summed E-state index contributed by atoms with van der Waals surface area (Å²) in [5.41, 5.74) is 2.13. The number of halogens is 1. The second kappa shape index (κ2) is 8.87. The Morgan fingerprint density at radius 3 is 2.64 bits per heavy atom. The molecule has 0 saturated carbocycles. The number of ether oxygens (including phenoxy) is 1. The molecule has 3 N–H and O–H groups in total. The Hall–Kier alpha value is -2.05. The van der Waals surface area contributed by atoms with Crippen molar-refractivity contribution < 1.29 is 19.2 Å². The monoisotopic (exact) mass is 366 g/mol. The molecule has 0 radical (unpaired) electrons. The fraction of sp³-hybridized carbons (Fsp3) is 0.444. The number of urea groups is 1. The lowest BCUT2D eigenvalue weighted by atomic mass is 10.00. The van der Waals surface area contributed by atoms with Crippen LogP contribution in [0, 0.1) is 0 Å². The summed E-state index contributed by atoms with van der Waals surface area (Å²) in [7, 11) is 1.99. The van der Waals surface area contributed by atoms with Gasteiger partial charge in [0.1, 0.15) is 13.1 Å². The third-order valence-electron chi connectivity index (χ3n) is 4.08. The van der Waals surface area contributed by atoms with Crippen LogP contribution in [0.2, 0.25) is 5.02 Å². The minimum atomic E-state index is -0.387. The Balaban J connectivity index is 2.23. The fourth-order valence-electron chi connectivity index (χ4n) is 2.93. The zero-order valence-electron chi connectivity index (χ0n) is 14.8. The van der Waals surface area contributed by atoms with Crippen molar-refractivity contribution in [3.8, 4) is 0 Å². The topological polar surface area (TPSA) is 71.9 Å². The van der Waals surface area contributed by atoms with E-state index in [0.29, 0.717) is 42.4 Å². The van der Waals surface area contributed by atoms with Crippen LogP contribution in [-0.4, -0.2) is 38.2 Å². The highest BCUT2D eigenvalue weighted by Crippen LogP contribution is 2.17. The summed E-state index contributed by atoms with van der Waals surface area (Å²) < 4.78 is 5.18. The van der Waals surface area contributed by atoms with Gasteiger partial charge in [0.2, 0.25) is 0 Å². The summed E-state index contributed by atoms with van der Waals surface area (Å²) in [4.78, 5) is 25.4. The molecule has 0 aromatic heterocycles. The third kappa shape index (κ3) is 4.96. The van der Waals surface area contributed by atoms with Gasteiger partial charge in [0.05, 0.1) is 31.0 Å². The second-order valence-corrected chi connectivity index (χ2v) is 6.48. The molecule has 7 heteroatoms. The molecule has 0 spiro atoms. The molecule has 0 aliphatic carbocycles. The molecule has 1 aliphatic rings. The van der Waals surface area contributed by atoms with Crippen LogP contribution in [0.3, 0.4) is 0 Å². The lowest BCUT2D eigenvalue weighted by Gasteiger charge is -2.29. The number of likely N-dealkylation sites (N-methyl/N-ethyl adjacent to an activating group) is 1. The molecule has 2 amide bonds. The van der Waals surface area contributed by atoms with E-state index in [-0.39, 0.29) is 18.0 Å². The largest absolute Gasteiger partial charge is 0.463 e. The standard InChI is InChI=1S/C18H24ClN3O3/c1-4-14-16(17(23)25-5-2)15(21-18(24)20-14)11-22(3)10-12-8-6-7-9-13(12)19/h6-9,14H,4-5,10-11H2,1-3H3,(H2,20,21,24)/p+1/t14-/m1/s1. The van der Waals surface area contributed by atoms with Gasteiger partial charge in [0, 0.05) is 10.6 Å². The van der Waals surface area contributed by atoms with Gasteiger partial charge >= 0.3 is 12.0 Å². The van der Waals surface area contributed by atoms with Gasteiger partial charge in [-0.1, -0.05) is 36.7 Å². The molecule has 1 aromatic rings. The summed E-state index contributed by atoms with van der Waals surface area (Å²) in [6, 6.07) is 7.03. The number of esters is 1. The molecule has 0 bridgehead atoms. The van der Waals surface area contributed by atoms with E-state index in [0.717, 1.165) is 10.5 Å². The number of quaternary nitrogens is 1. The van der Waals surface area contributed by atoms with Crippen LogP contribution in [0.1, 0.15) is 25.8 Å². The van der Waals surface area contributed by atoms with Gasteiger partial charge in [-0.25, -0.2) is 9.59 Å². The number of amides is 2. The van der Waals surface area contributed by atoms with Crippen LogP contribution in [0.4, 0.5) is 4.79 Å². The molecule has 136 valence electrons. The number of rotatable bonds is 7. The van der Waals surface area contributed by atoms with Crippen LogP contribution >= 0.6 is 11.6 Å². The van der Waals surface area contributed by atoms with E-state index >= 15 is 0 Å². The molecular formula is C18H25ClN3O3+. The van der Waals surface area contributed by atoms with E-state index in [9.17, 15) is 9.59 Å². The number of hydrogen-bond donors (Lipinski definition) is 3. The van der Waals surface area contributed by atoms with E-state index in [1.54, 1.807) is 6.92 Å². The lowest BCUT2D eigenvalue weighted by molar-refractivity contribution is -0.889. The normalized spacial score (nSPS) is 18.4. The first kappa shape index (κ1) is 19.3. The van der Waals surface area contributed by atoms with Crippen molar-refractivity contribution >= 4 is 23.6 Å². The van der Waals surface area contributed by atoms with Crippen LogP contribution < -0.4 is 15.5 Å². The molecule has 1 heterocycles. The Morgan fingerprint density at radius 2 is 2.00 bits per heavy atom. The van der Waals surface area contributed by atoms with E-state index in [1.165, 1.54) is 0 Å². The van der Waals surface area contributed by atoms with Gasteiger partial charge in [-0.2, -0.15) is 0 Å². The van der Waals surface area contributed by atoms with Gasteiger partial charge in [0.15, 0.2) is 0 Å². The van der Waals surface area contributed by atoms with Crippen molar-refractivity contribution in [1.29, 1.82) is 0 Å². The molecule has 2 rings (SSSR count). The van der Waals surface area contributed by atoms with Crippen molar-refractivity contribution in [2.24, 2.45) is 0 Å². The number of carbonyl (C=O) groups excluding carboxylic acids is 2. The summed E-state index contributed by atoms with van der Waals surface area (Å²) in [6.07, 6.45) is 0.620. The SMILES string of the molecule is CCOC(=O)C1=C(C[NH+](C)Cc2ccccc2Cl)NC(=O)N[C@@H]1CC. The second-order valence-electron chi connectivity index (χ2n) is 6.07. The summed E-state index contributed by atoms with van der Waals surface area (Å²) >= 11 is 6.22. The van der Waals surface area contributed by atoms with Gasteiger partial charge in [-0.05, 0) is 19.4 Å². The molecule has 2 atom stereocenters. The van der Waals surface area contributed by atoms with Crippen LogP contribution in [0.25, 0.3) is 0 Å². The van der Waals surface area contributed by atoms with E-state index in [4.69, 9.17) is 16.3 Å². The molecule has 1 aromatic carbocycles. The zero-order chi connectivity index (χ0) is 18.4. The molecule has 1 unspecified atom stereocenters. The number of benzene rings is 1. The van der Waals surface area contributed by atoms with Gasteiger partial charge < -0.3 is 20.3 Å². The average Bonchev–Trinajstić information content (AvgIpc) is 2.56. The molecule has 6 nitrogen and oxygen atoms in total. The Bertz CT molecular complexity index is 675. The predicted molar refractivity (Wildman–Crippen MR) is 96.3 cm³/mol. The number of nitrogens with one attached hydrogen (secondary N) is 3. The quantitative estimate of drug-likeness (QED) is 0.636. The van der Waals surface area contributed by atoms with Crippen LogP contribution in [0.5, 0.6) is 0 Å². The van der Waals surface area contributed by atoms with Crippen molar-refractivity contribution in [3.05, 3.63) is 46.1 Å². The van der Waals surface area contributed by atoms with E-state index in [1.807, 2.05) is 38.2 Å². The van der Waals surface area contributed by atoms with Crippen molar-refractivity contribution in [2.75, 3.05) is 20.2 Å². The van der Waals surface area contributed by atoms with Crippen molar-refractivity contribution in [1.82, 2.24) is 10.6 Å². The highest BCUT2D eigenvalue weighted by Gasteiger charge is 2.32. The molecule has 0 fully saturated rings. The molecular weight excluding hydrogens is 342 g/mol. The number of hydrogen-bond acceptors (Lipinski definition) is 3. The maximum atomic E-state index is 12.4. The zero-order valence-corrected chi connectivity index (χ0v) is 15.6. The summed E-state index contributed by atoms with van der Waals surface area (Å²) in [6.45, 7) is 5.15. The molecule has 1 aliphatic heterocycles. The lowest BCUT2D eigenvalue weighted by Crippen LogP contribution is -3.08. The Morgan fingerprint density at radius 1 is 1.28 bits per heavy atom. The highest BCUT2D eigenvalue weighted by molar-refractivity contribution is 6.31. The van der Waals surface area contributed by atoms with Crippen LogP contribution in [0.15, 0.2) is 35.5 Å². The number of carbonyl (C=O) groups is 2. The first-order chi connectivity index (χ1) is 12.0. The third-order valence-corrected chi connectivity index (χ3v) is 4.44. The van der Waals surface area contributed by atoms with Crippen molar-refractivity contribution in [3.63, 3.8) is 0 Å². The van der Waals surface area contributed by atoms with Crippen molar-refractivity contribution in [2.45, 2.75) is 32.9 Å². The minimum Gasteiger partial charge on any atom is -0.463 e.